The number of alkyl halides is 3. The van der Waals surface area contributed by atoms with Gasteiger partial charge >= 0.3 is 6.18 Å². The lowest BCUT2D eigenvalue weighted by Gasteiger charge is -2.12. The number of nitrogens with one attached hydrogen (secondary N) is 1. The molecule has 1 rings (SSSR count). The van der Waals surface area contributed by atoms with Gasteiger partial charge in [-0.2, -0.15) is 13.2 Å². The average molecular weight is 435 g/mol. The molecular weight excluding hydrogens is 419 g/mol. The molecule has 1 aromatic rings. The molecule has 3 nitrogen and oxygen atoms in total. The van der Waals surface area contributed by atoms with Crippen LogP contribution in [0, 0.1) is 0 Å². The van der Waals surface area contributed by atoms with Crippen LogP contribution in [0.3, 0.4) is 0 Å². The molecule has 1 N–H and O–H groups in total. The molecule has 0 spiro atoms. The van der Waals surface area contributed by atoms with Gasteiger partial charge in [-0.05, 0) is 56.6 Å². The highest BCUT2D eigenvalue weighted by molar-refractivity contribution is 9.11. The third-order valence-electron chi connectivity index (χ3n) is 2.38. The van der Waals surface area contributed by atoms with Crippen LogP contribution in [0.1, 0.15) is 12.0 Å². The summed E-state index contributed by atoms with van der Waals surface area (Å²) in [4.78, 5) is 0. The van der Waals surface area contributed by atoms with Crippen LogP contribution in [-0.2, 0) is 11.3 Å². The number of ether oxygens (including phenoxy) is 2. The minimum absolute atomic E-state index is 0.00653. The molecule has 1 aromatic carbocycles. The van der Waals surface area contributed by atoms with E-state index in [2.05, 4.69) is 41.9 Å². The van der Waals surface area contributed by atoms with Gasteiger partial charge in [0.15, 0.2) is 0 Å². The molecule has 0 unspecified atom stereocenters. The van der Waals surface area contributed by atoms with Gasteiger partial charge in [0.1, 0.15) is 12.4 Å². The molecule has 0 bridgehead atoms. The second-order valence-corrected chi connectivity index (χ2v) is 6.00. The summed E-state index contributed by atoms with van der Waals surface area (Å²) < 4.78 is 47.2. The highest BCUT2D eigenvalue weighted by Gasteiger charge is 2.27. The largest absolute Gasteiger partial charge is 0.491 e. The summed E-state index contributed by atoms with van der Waals surface area (Å²) in [5, 5.41) is 3.05. The fourth-order valence-electron chi connectivity index (χ4n) is 1.58. The lowest BCUT2D eigenvalue weighted by atomic mass is 10.2. The van der Waals surface area contributed by atoms with Gasteiger partial charge in [0.25, 0.3) is 0 Å². The van der Waals surface area contributed by atoms with Crippen molar-refractivity contribution < 1.29 is 22.6 Å². The number of benzene rings is 1. The van der Waals surface area contributed by atoms with Gasteiger partial charge in [-0.3, -0.25) is 0 Å². The molecule has 0 saturated carbocycles. The van der Waals surface area contributed by atoms with E-state index in [1.54, 1.807) is 0 Å². The van der Waals surface area contributed by atoms with Crippen LogP contribution in [0.4, 0.5) is 13.2 Å². The topological polar surface area (TPSA) is 30.5 Å². The lowest BCUT2D eigenvalue weighted by molar-refractivity contribution is -0.174. The molecular formula is C13H16Br2F3NO2. The first-order valence-corrected chi connectivity index (χ1v) is 7.82. The van der Waals surface area contributed by atoms with Crippen molar-refractivity contribution >= 4 is 31.9 Å². The Morgan fingerprint density at radius 2 is 1.76 bits per heavy atom. The zero-order chi connectivity index (χ0) is 15.9. The van der Waals surface area contributed by atoms with Crippen LogP contribution in [0.2, 0.25) is 0 Å². The third-order valence-corrected chi connectivity index (χ3v) is 3.56. The summed E-state index contributed by atoms with van der Waals surface area (Å²) in [6.45, 7) is -0.213. The van der Waals surface area contributed by atoms with E-state index in [0.717, 1.165) is 21.1 Å². The maximum Gasteiger partial charge on any atom is 0.411 e. The first kappa shape index (κ1) is 18.7. The van der Waals surface area contributed by atoms with E-state index in [1.807, 2.05) is 19.2 Å². The fraction of sp³-hybridized carbons (Fsp3) is 0.538. The molecule has 0 heterocycles. The molecule has 8 heteroatoms. The highest BCUT2D eigenvalue weighted by Crippen LogP contribution is 2.34. The minimum atomic E-state index is -4.28. The van der Waals surface area contributed by atoms with E-state index in [-0.39, 0.29) is 13.2 Å². The molecule has 21 heavy (non-hydrogen) atoms. The SMILES string of the molecule is CNCc1cc(Br)c(OCCCOCC(F)(F)F)c(Br)c1. The number of halogens is 5. The third kappa shape index (κ3) is 7.49. The van der Waals surface area contributed by atoms with Crippen LogP contribution in [0.5, 0.6) is 5.75 Å². The predicted molar refractivity (Wildman–Crippen MR) is 81.6 cm³/mol. The summed E-state index contributed by atoms with van der Waals surface area (Å²) in [7, 11) is 1.85. The van der Waals surface area contributed by atoms with Crippen molar-refractivity contribution in [2.45, 2.75) is 19.1 Å². The van der Waals surface area contributed by atoms with Crippen molar-refractivity contribution in [1.82, 2.24) is 5.32 Å². The van der Waals surface area contributed by atoms with Crippen molar-refractivity contribution in [3.8, 4) is 5.75 Å². The normalized spacial score (nSPS) is 11.7. The van der Waals surface area contributed by atoms with Gasteiger partial charge in [-0.15, -0.1) is 0 Å². The number of hydrogen-bond acceptors (Lipinski definition) is 3. The van der Waals surface area contributed by atoms with Crippen molar-refractivity contribution in [2.75, 3.05) is 26.9 Å². The second kappa shape index (κ2) is 8.97. The molecule has 0 aliphatic heterocycles. The van der Waals surface area contributed by atoms with Gasteiger partial charge in [0.2, 0.25) is 0 Å². The molecule has 0 amide bonds. The molecule has 0 fully saturated rings. The Labute approximate surface area is 138 Å². The van der Waals surface area contributed by atoms with E-state index in [0.29, 0.717) is 12.2 Å². The summed E-state index contributed by atoms with van der Waals surface area (Å²) in [5.41, 5.74) is 1.08. The van der Waals surface area contributed by atoms with E-state index in [4.69, 9.17) is 4.74 Å². The monoisotopic (exact) mass is 433 g/mol. The van der Waals surface area contributed by atoms with Crippen molar-refractivity contribution in [3.05, 3.63) is 26.6 Å². The smallest absolute Gasteiger partial charge is 0.411 e. The maximum atomic E-state index is 11.9. The van der Waals surface area contributed by atoms with Crippen molar-refractivity contribution in [3.63, 3.8) is 0 Å². The summed E-state index contributed by atoms with van der Waals surface area (Å²) in [6.07, 6.45) is -3.90. The summed E-state index contributed by atoms with van der Waals surface area (Å²) >= 11 is 6.83. The average Bonchev–Trinajstić information content (AvgIpc) is 2.35. The molecule has 0 radical (unpaired) electrons. The molecule has 0 atom stereocenters. The Morgan fingerprint density at radius 1 is 1.14 bits per heavy atom. The van der Waals surface area contributed by atoms with E-state index >= 15 is 0 Å². The molecule has 0 aliphatic rings. The van der Waals surface area contributed by atoms with Crippen LogP contribution < -0.4 is 10.1 Å². The maximum absolute atomic E-state index is 11.9. The predicted octanol–water partition coefficient (Wildman–Crippen LogP) is 4.28. The van der Waals surface area contributed by atoms with Crippen LogP contribution in [-0.4, -0.2) is 33.0 Å². The Hall–Kier alpha value is -0.310. The zero-order valence-corrected chi connectivity index (χ0v) is 14.6. The van der Waals surface area contributed by atoms with E-state index in [9.17, 15) is 13.2 Å². The molecule has 0 saturated heterocycles. The number of hydrogen-bond donors (Lipinski definition) is 1. The Kier molecular flexibility index (Phi) is 8.00. The van der Waals surface area contributed by atoms with Gasteiger partial charge < -0.3 is 14.8 Å². The molecule has 0 aromatic heterocycles. The quantitative estimate of drug-likeness (QED) is 0.619. The van der Waals surface area contributed by atoms with Crippen LogP contribution in [0.25, 0.3) is 0 Å². The standard InChI is InChI=1S/C13H16Br2F3NO2/c1-19-7-9-5-10(14)12(11(15)6-9)21-4-2-3-20-8-13(16,17)18/h5-6,19H,2-4,7-8H2,1H3. The first-order valence-electron chi connectivity index (χ1n) is 6.23. The van der Waals surface area contributed by atoms with E-state index < -0.39 is 12.8 Å². The van der Waals surface area contributed by atoms with E-state index in [1.165, 1.54) is 0 Å². The lowest BCUT2D eigenvalue weighted by Crippen LogP contribution is -2.18. The van der Waals surface area contributed by atoms with Gasteiger partial charge in [-0.25, -0.2) is 0 Å². The zero-order valence-electron chi connectivity index (χ0n) is 11.4. The minimum Gasteiger partial charge on any atom is -0.491 e. The van der Waals surface area contributed by atoms with Crippen molar-refractivity contribution in [1.29, 1.82) is 0 Å². The Morgan fingerprint density at radius 3 is 2.29 bits per heavy atom. The second-order valence-electron chi connectivity index (χ2n) is 4.29. The van der Waals surface area contributed by atoms with Gasteiger partial charge in [0, 0.05) is 13.0 Å². The Bertz CT molecular complexity index is 433. The highest BCUT2D eigenvalue weighted by atomic mass is 79.9. The summed E-state index contributed by atoms with van der Waals surface area (Å²) in [5.74, 6) is 0.630. The summed E-state index contributed by atoms with van der Waals surface area (Å²) in [6, 6.07) is 3.85. The fourth-order valence-corrected chi connectivity index (χ4v) is 3.09. The van der Waals surface area contributed by atoms with Crippen LogP contribution in [0.15, 0.2) is 21.1 Å². The number of rotatable bonds is 8. The Balaban J connectivity index is 2.38. The van der Waals surface area contributed by atoms with Crippen LogP contribution >= 0.6 is 31.9 Å². The molecule has 0 aliphatic carbocycles. The molecule has 120 valence electrons. The van der Waals surface area contributed by atoms with Gasteiger partial charge in [0.05, 0.1) is 22.2 Å². The van der Waals surface area contributed by atoms with Gasteiger partial charge in [-0.1, -0.05) is 0 Å². The first-order chi connectivity index (χ1) is 9.83. The van der Waals surface area contributed by atoms with Crippen molar-refractivity contribution in [2.24, 2.45) is 0 Å².